The van der Waals surface area contributed by atoms with Gasteiger partial charge in [0.15, 0.2) is 5.95 Å². The smallest absolute Gasteiger partial charge is 0.530 e. The summed E-state index contributed by atoms with van der Waals surface area (Å²) in [4.78, 5) is 0. The van der Waals surface area contributed by atoms with Crippen molar-refractivity contribution in [1.82, 2.24) is 0 Å². The summed E-state index contributed by atoms with van der Waals surface area (Å²) in [5.74, 6) is 0.485. The van der Waals surface area contributed by atoms with Crippen molar-refractivity contribution in [2.75, 3.05) is 7.11 Å². The van der Waals surface area contributed by atoms with Crippen LogP contribution in [-0.4, -0.2) is 7.11 Å². The second kappa shape index (κ2) is 24.7. The maximum atomic E-state index is 5.02. The zero-order valence-corrected chi connectivity index (χ0v) is 35.3. The van der Waals surface area contributed by atoms with Gasteiger partial charge in [0, 0.05) is 6.26 Å². The molecule has 0 N–H and O–H groups in total. The minimum absolute atomic E-state index is 0. The van der Waals surface area contributed by atoms with E-state index in [9.17, 15) is 0 Å². The Hall–Kier alpha value is -4.90. The predicted molar refractivity (Wildman–Crippen MR) is 241 cm³/mol. The predicted octanol–water partition coefficient (Wildman–Crippen LogP) is 10.7. The van der Waals surface area contributed by atoms with E-state index in [4.69, 9.17) is 9.15 Å². The summed E-state index contributed by atoms with van der Waals surface area (Å²) in [7, 11) is 0.679. The second-order valence-corrected chi connectivity index (χ2v) is 16.7. The van der Waals surface area contributed by atoms with Crippen molar-refractivity contribution < 1.29 is 28.6 Å². The van der Waals surface area contributed by atoms with Crippen molar-refractivity contribution in [3.8, 4) is 17.1 Å². The van der Waals surface area contributed by atoms with Gasteiger partial charge in [-0.25, -0.2) is 0 Å². The van der Waals surface area contributed by atoms with E-state index in [1.54, 1.807) is 7.11 Å². The molecule has 0 atom stereocenters. The van der Waals surface area contributed by atoms with Crippen LogP contribution in [0.25, 0.3) is 11.1 Å². The fourth-order valence-corrected chi connectivity index (χ4v) is 10.4. The molecule has 0 unspecified atom stereocenters. The van der Waals surface area contributed by atoms with E-state index in [0.29, 0.717) is 5.95 Å². The number of methoxy groups -OCH3 is 1. The molecule has 9 rings (SSSR count). The summed E-state index contributed by atoms with van der Waals surface area (Å²) in [6.45, 7) is 0. The van der Waals surface area contributed by atoms with Crippen LogP contribution in [0.1, 0.15) is 0 Å². The number of hydrogen-bond acceptors (Lipinski definition) is 2. The van der Waals surface area contributed by atoms with E-state index >= 15 is 0 Å². The van der Waals surface area contributed by atoms with Crippen molar-refractivity contribution >= 4 is 47.7 Å². The van der Waals surface area contributed by atoms with E-state index in [1.165, 1.54) is 31.8 Å². The van der Waals surface area contributed by atoms with Gasteiger partial charge in [0.25, 0.3) is 0 Å². The summed E-state index contributed by atoms with van der Waals surface area (Å²) >= 11 is 0. The third-order valence-corrected chi connectivity index (χ3v) is 13.3. The molecule has 5 radical (unpaired) electrons. The van der Waals surface area contributed by atoms with Crippen LogP contribution in [0.2, 0.25) is 0 Å². The summed E-state index contributed by atoms with van der Waals surface area (Å²) in [6, 6.07) is 76.4. The minimum Gasteiger partial charge on any atom is -0.530 e. The van der Waals surface area contributed by atoms with Gasteiger partial charge in [-0.3, -0.25) is 0 Å². The molecule has 7 aromatic carbocycles. The van der Waals surface area contributed by atoms with Gasteiger partial charge in [0.05, 0.1) is 7.11 Å². The van der Waals surface area contributed by atoms with E-state index in [-0.39, 0.29) is 19.5 Å². The van der Waals surface area contributed by atoms with Crippen LogP contribution < -0.4 is 36.6 Å². The quantitative estimate of drug-likeness (QED) is 0.0863. The van der Waals surface area contributed by atoms with Crippen LogP contribution in [0.4, 0.5) is 0 Å². The fraction of sp³-hybridized carbons (Fsp3) is 0.0192. The molecule has 281 valence electrons. The molecule has 0 aliphatic heterocycles. The van der Waals surface area contributed by atoms with Crippen LogP contribution in [0, 0.1) is 38.4 Å². The van der Waals surface area contributed by atoms with E-state index < -0.39 is 15.8 Å². The average Bonchev–Trinajstić information content (AvgIpc) is 4.04. The summed E-state index contributed by atoms with van der Waals surface area (Å²) in [5.41, 5.74) is 1.99. The third kappa shape index (κ3) is 13.6. The number of furan rings is 1. The van der Waals surface area contributed by atoms with Crippen LogP contribution in [0.3, 0.4) is 0 Å². The van der Waals surface area contributed by atoms with Gasteiger partial charge in [-0.1, -0.05) is 224 Å². The Kier molecular flexibility index (Phi) is 18.7. The summed E-state index contributed by atoms with van der Waals surface area (Å²) in [5, 5.41) is 8.39. The second-order valence-electron chi connectivity index (χ2n) is 12.3. The molecule has 0 spiro atoms. The molecule has 0 bridgehead atoms. The summed E-state index contributed by atoms with van der Waals surface area (Å²) in [6.07, 6.45) is 12.8. The molecule has 8 aromatic rings. The molecule has 1 aliphatic carbocycles. The molecule has 1 aromatic heterocycles. The van der Waals surface area contributed by atoms with Crippen molar-refractivity contribution in [1.29, 1.82) is 0 Å². The van der Waals surface area contributed by atoms with Gasteiger partial charge < -0.3 is 9.15 Å². The molecule has 0 amide bonds. The normalized spacial score (nSPS) is 11.4. The molecular weight excluding hydrogens is 820 g/mol. The van der Waals surface area contributed by atoms with Crippen LogP contribution in [0.5, 0.6) is 5.95 Å². The average molecular weight is 864 g/mol. The molecule has 2 nitrogen and oxygen atoms in total. The number of benzene rings is 7. The minimum atomic E-state index is -0.446. The van der Waals surface area contributed by atoms with Crippen molar-refractivity contribution in [2.24, 2.45) is 0 Å². The molecular formula is C52H44O2P2Ru+. The first-order chi connectivity index (χ1) is 27.8. The zero-order valence-electron chi connectivity index (χ0n) is 31.7. The first-order valence-corrected chi connectivity index (χ1v) is 21.2. The number of ether oxygens (including phenoxy) is 1. The van der Waals surface area contributed by atoms with Crippen molar-refractivity contribution in [3.05, 3.63) is 257 Å². The Morgan fingerprint density at radius 3 is 0.842 bits per heavy atom. The molecule has 5 heteroatoms. The van der Waals surface area contributed by atoms with Gasteiger partial charge in [-0.2, -0.15) is 0 Å². The Bertz CT molecular complexity index is 1880. The molecule has 0 saturated heterocycles. The van der Waals surface area contributed by atoms with Gasteiger partial charge in [-0.15, -0.1) is 5.56 Å². The van der Waals surface area contributed by atoms with Gasteiger partial charge in [-0.05, 0) is 79.8 Å². The van der Waals surface area contributed by atoms with E-state index in [2.05, 4.69) is 188 Å². The van der Waals surface area contributed by atoms with Crippen LogP contribution in [-0.2, 0) is 19.5 Å². The molecule has 1 fully saturated rings. The Balaban J connectivity index is 0.000000154. The topological polar surface area (TPSA) is 22.4 Å². The number of hydrogen-bond donors (Lipinski definition) is 0. The van der Waals surface area contributed by atoms with E-state index in [1.807, 2.05) is 68.5 Å². The Morgan fingerprint density at radius 2 is 0.614 bits per heavy atom. The monoisotopic (exact) mass is 864 g/mol. The Labute approximate surface area is 355 Å². The van der Waals surface area contributed by atoms with Gasteiger partial charge in [0.1, 0.15) is 0 Å². The molecule has 1 aliphatic rings. The third-order valence-electron chi connectivity index (χ3n) is 8.45. The molecule has 1 heterocycles. The van der Waals surface area contributed by atoms with Gasteiger partial charge in [0.2, 0.25) is 0 Å². The van der Waals surface area contributed by atoms with Gasteiger partial charge >= 0.3 is 19.5 Å². The SMILES string of the molecule is COc1cc(-c2ccccc2)[c-]o1.[CH]1[CH][CH][CH][CH]1.[Ru+2].c1ccc(P(c2ccccc2)c2ccccc2)cc1.c1ccc(P(c2ccccc2)c2ccccc2)cc1. The first kappa shape index (κ1) is 43.2. The molecule has 1 saturated carbocycles. The summed E-state index contributed by atoms with van der Waals surface area (Å²) < 4.78 is 9.94. The fourth-order valence-electron chi connectivity index (χ4n) is 5.82. The Morgan fingerprint density at radius 1 is 0.368 bits per heavy atom. The first-order valence-electron chi connectivity index (χ1n) is 18.5. The maximum absolute atomic E-state index is 5.02. The maximum Gasteiger partial charge on any atom is 2.00 e. The molecule has 57 heavy (non-hydrogen) atoms. The zero-order chi connectivity index (χ0) is 38.5. The van der Waals surface area contributed by atoms with Crippen LogP contribution in [0.15, 0.2) is 223 Å². The van der Waals surface area contributed by atoms with Crippen molar-refractivity contribution in [3.63, 3.8) is 0 Å². The number of rotatable bonds is 8. The largest absolute Gasteiger partial charge is 2.00 e. The van der Waals surface area contributed by atoms with E-state index in [0.717, 1.165) is 11.1 Å². The van der Waals surface area contributed by atoms with Crippen molar-refractivity contribution in [2.45, 2.75) is 0 Å². The standard InChI is InChI=1S/2C18H15P.C11H9O2.C5H5.Ru/c2*1-4-10-16(11-5-1)19(17-12-6-2-7-13-17)18-14-8-3-9-15-18;1-12-11-7-10(8-13-11)9-5-3-2-4-6-9;1-2-4-5-3-1;/h2*1-15H;2-7H,1H3;1-5H;/q;;-1;;+2. The van der Waals surface area contributed by atoms with Crippen LogP contribution >= 0.6 is 15.8 Å².